The SMILES string of the molecule is [N-]=[N+]=NC[C@H]1CCCN1C(=O)c1ccccc1. The number of likely N-dealkylation sites (tertiary alicyclic amines) is 1. The van der Waals surface area contributed by atoms with Crippen LogP contribution in [0.15, 0.2) is 35.4 Å². The highest BCUT2D eigenvalue weighted by molar-refractivity contribution is 5.94. The van der Waals surface area contributed by atoms with Crippen molar-refractivity contribution >= 4 is 5.91 Å². The first-order valence-electron chi connectivity index (χ1n) is 5.70. The summed E-state index contributed by atoms with van der Waals surface area (Å²) in [5.74, 6) is 0.0289. The van der Waals surface area contributed by atoms with Crippen molar-refractivity contribution in [3.8, 4) is 0 Å². The van der Waals surface area contributed by atoms with Gasteiger partial charge in [-0.25, -0.2) is 0 Å². The summed E-state index contributed by atoms with van der Waals surface area (Å²) in [6.45, 7) is 1.12. The number of nitrogens with zero attached hydrogens (tertiary/aromatic N) is 4. The number of rotatable bonds is 3. The number of carbonyl (C=O) groups is 1. The van der Waals surface area contributed by atoms with E-state index in [1.165, 1.54) is 0 Å². The van der Waals surface area contributed by atoms with Gasteiger partial charge in [-0.3, -0.25) is 4.79 Å². The predicted molar refractivity (Wildman–Crippen MR) is 64.5 cm³/mol. The van der Waals surface area contributed by atoms with Crippen molar-refractivity contribution in [3.63, 3.8) is 0 Å². The fraction of sp³-hybridized carbons (Fsp3) is 0.417. The van der Waals surface area contributed by atoms with Gasteiger partial charge in [0.25, 0.3) is 5.91 Å². The van der Waals surface area contributed by atoms with Crippen LogP contribution in [-0.4, -0.2) is 29.9 Å². The molecule has 1 atom stereocenters. The maximum atomic E-state index is 12.2. The lowest BCUT2D eigenvalue weighted by molar-refractivity contribution is 0.0741. The highest BCUT2D eigenvalue weighted by Gasteiger charge is 2.28. The summed E-state index contributed by atoms with van der Waals surface area (Å²) >= 11 is 0. The van der Waals surface area contributed by atoms with Crippen LogP contribution in [-0.2, 0) is 0 Å². The Hall–Kier alpha value is -2.00. The Morgan fingerprint density at radius 1 is 1.47 bits per heavy atom. The Morgan fingerprint density at radius 2 is 2.24 bits per heavy atom. The van der Waals surface area contributed by atoms with Gasteiger partial charge < -0.3 is 4.90 Å². The first-order chi connectivity index (χ1) is 8.33. The van der Waals surface area contributed by atoms with Crippen LogP contribution in [0.1, 0.15) is 23.2 Å². The molecule has 2 rings (SSSR count). The largest absolute Gasteiger partial charge is 0.336 e. The van der Waals surface area contributed by atoms with Crippen molar-refractivity contribution < 1.29 is 4.79 Å². The summed E-state index contributed by atoms with van der Waals surface area (Å²) in [6.07, 6.45) is 1.89. The first kappa shape index (κ1) is 11.5. The topological polar surface area (TPSA) is 69.1 Å². The molecule has 0 saturated carbocycles. The first-order valence-corrected chi connectivity index (χ1v) is 5.70. The molecule has 5 nitrogen and oxygen atoms in total. The highest BCUT2D eigenvalue weighted by Crippen LogP contribution is 2.20. The van der Waals surface area contributed by atoms with Gasteiger partial charge in [0.2, 0.25) is 0 Å². The van der Waals surface area contributed by atoms with Crippen molar-refractivity contribution in [1.29, 1.82) is 0 Å². The molecule has 0 aromatic heterocycles. The van der Waals surface area contributed by atoms with Gasteiger partial charge in [-0.2, -0.15) is 0 Å². The Bertz CT molecular complexity index is 439. The summed E-state index contributed by atoms with van der Waals surface area (Å²) in [6, 6.07) is 9.27. The number of azide groups is 1. The van der Waals surface area contributed by atoms with E-state index in [0.29, 0.717) is 12.1 Å². The van der Waals surface area contributed by atoms with Crippen LogP contribution < -0.4 is 0 Å². The minimum Gasteiger partial charge on any atom is -0.336 e. The number of benzene rings is 1. The number of hydrogen-bond acceptors (Lipinski definition) is 2. The molecule has 17 heavy (non-hydrogen) atoms. The molecule has 1 aromatic carbocycles. The van der Waals surface area contributed by atoms with Crippen molar-refractivity contribution in [3.05, 3.63) is 46.3 Å². The monoisotopic (exact) mass is 230 g/mol. The van der Waals surface area contributed by atoms with Gasteiger partial charge >= 0.3 is 0 Å². The van der Waals surface area contributed by atoms with E-state index >= 15 is 0 Å². The second-order valence-corrected chi connectivity index (χ2v) is 4.07. The van der Waals surface area contributed by atoms with Crippen LogP contribution in [0.5, 0.6) is 0 Å². The van der Waals surface area contributed by atoms with Gasteiger partial charge in [0.1, 0.15) is 0 Å². The summed E-state index contributed by atoms with van der Waals surface area (Å²) < 4.78 is 0. The van der Waals surface area contributed by atoms with E-state index in [1.807, 2.05) is 35.2 Å². The molecule has 0 N–H and O–H groups in total. The van der Waals surface area contributed by atoms with Crippen LogP contribution in [0.25, 0.3) is 10.4 Å². The lowest BCUT2D eigenvalue weighted by Crippen LogP contribution is -2.37. The number of amides is 1. The molecule has 5 heteroatoms. The Balaban J connectivity index is 2.11. The predicted octanol–water partition coefficient (Wildman–Crippen LogP) is 2.60. The van der Waals surface area contributed by atoms with E-state index in [4.69, 9.17) is 5.53 Å². The molecule has 0 spiro atoms. The van der Waals surface area contributed by atoms with Gasteiger partial charge in [0.05, 0.1) is 0 Å². The molecule has 0 unspecified atom stereocenters. The normalized spacial score (nSPS) is 18.8. The van der Waals surface area contributed by atoms with E-state index in [1.54, 1.807) is 0 Å². The molecule has 1 aliphatic rings. The minimum absolute atomic E-state index is 0.0289. The Labute approximate surface area is 99.7 Å². The van der Waals surface area contributed by atoms with Crippen molar-refractivity contribution in [1.82, 2.24) is 4.90 Å². The zero-order valence-electron chi connectivity index (χ0n) is 9.49. The van der Waals surface area contributed by atoms with Crippen molar-refractivity contribution in [2.24, 2.45) is 5.11 Å². The minimum atomic E-state index is 0.0289. The standard InChI is InChI=1S/C12H14N4O/c13-15-14-9-11-7-4-8-16(11)12(17)10-5-2-1-3-6-10/h1-3,5-6,11H,4,7-9H2/t11-/m1/s1. The molecule has 0 aliphatic carbocycles. The quantitative estimate of drug-likeness (QED) is 0.447. The van der Waals surface area contributed by atoms with Crippen LogP contribution in [0.4, 0.5) is 0 Å². The Morgan fingerprint density at radius 3 is 2.94 bits per heavy atom. The smallest absolute Gasteiger partial charge is 0.254 e. The summed E-state index contributed by atoms with van der Waals surface area (Å²) in [7, 11) is 0. The zero-order valence-corrected chi connectivity index (χ0v) is 9.49. The third-order valence-corrected chi connectivity index (χ3v) is 3.01. The van der Waals surface area contributed by atoms with Gasteiger partial charge in [0, 0.05) is 29.6 Å². The van der Waals surface area contributed by atoms with Gasteiger partial charge in [0.15, 0.2) is 0 Å². The molecule has 1 amide bonds. The van der Waals surface area contributed by atoms with Crippen LogP contribution >= 0.6 is 0 Å². The second kappa shape index (κ2) is 5.37. The molecule has 1 fully saturated rings. The van der Waals surface area contributed by atoms with Gasteiger partial charge in [-0.1, -0.05) is 23.3 Å². The molecule has 1 aliphatic heterocycles. The maximum absolute atomic E-state index is 12.2. The average Bonchev–Trinajstić information content (AvgIpc) is 2.84. The number of hydrogen-bond donors (Lipinski definition) is 0. The van der Waals surface area contributed by atoms with Crippen molar-refractivity contribution in [2.75, 3.05) is 13.1 Å². The highest BCUT2D eigenvalue weighted by atomic mass is 16.2. The van der Waals surface area contributed by atoms with E-state index in [-0.39, 0.29) is 11.9 Å². The molecule has 1 aromatic rings. The van der Waals surface area contributed by atoms with E-state index in [2.05, 4.69) is 10.0 Å². The molecule has 88 valence electrons. The molecule has 1 heterocycles. The average molecular weight is 230 g/mol. The third-order valence-electron chi connectivity index (χ3n) is 3.01. The molecule has 1 saturated heterocycles. The third kappa shape index (κ3) is 2.57. The molecule has 0 bridgehead atoms. The maximum Gasteiger partial charge on any atom is 0.254 e. The van der Waals surface area contributed by atoms with Crippen LogP contribution in [0.3, 0.4) is 0 Å². The van der Waals surface area contributed by atoms with Gasteiger partial charge in [-0.05, 0) is 30.5 Å². The van der Waals surface area contributed by atoms with E-state index in [0.717, 1.165) is 19.4 Å². The molecular formula is C12H14N4O. The summed E-state index contributed by atoms with van der Waals surface area (Å²) in [5, 5.41) is 3.57. The summed E-state index contributed by atoms with van der Waals surface area (Å²) in [5.41, 5.74) is 9.02. The summed E-state index contributed by atoms with van der Waals surface area (Å²) in [4.78, 5) is 16.8. The van der Waals surface area contributed by atoms with Crippen molar-refractivity contribution in [2.45, 2.75) is 18.9 Å². The van der Waals surface area contributed by atoms with Crippen LogP contribution in [0.2, 0.25) is 0 Å². The second-order valence-electron chi connectivity index (χ2n) is 4.07. The zero-order chi connectivity index (χ0) is 12.1. The van der Waals surface area contributed by atoms with Gasteiger partial charge in [-0.15, -0.1) is 0 Å². The van der Waals surface area contributed by atoms with Crippen LogP contribution in [0, 0.1) is 0 Å². The molecular weight excluding hydrogens is 216 g/mol. The molecule has 0 radical (unpaired) electrons. The lowest BCUT2D eigenvalue weighted by Gasteiger charge is -2.23. The van der Waals surface area contributed by atoms with E-state index in [9.17, 15) is 4.79 Å². The Kier molecular flexibility index (Phi) is 3.62. The number of carbonyl (C=O) groups excluding carboxylic acids is 1. The fourth-order valence-electron chi connectivity index (χ4n) is 2.17. The lowest BCUT2D eigenvalue weighted by atomic mass is 10.1. The fourth-order valence-corrected chi connectivity index (χ4v) is 2.17. The van der Waals surface area contributed by atoms with E-state index < -0.39 is 0 Å².